The fourth-order valence-corrected chi connectivity index (χ4v) is 2.10. The van der Waals surface area contributed by atoms with Gasteiger partial charge in [-0.25, -0.2) is 9.50 Å². The van der Waals surface area contributed by atoms with Crippen LogP contribution in [-0.2, 0) is 0 Å². The van der Waals surface area contributed by atoms with Crippen LogP contribution < -0.4 is 0 Å². The van der Waals surface area contributed by atoms with E-state index in [0.717, 1.165) is 24.3 Å². The Balaban J connectivity index is 1.74. The SMILES string of the molecule is c1cc2nc(-c3nc(C4CCC4)no3)ccn2n1. The topological polar surface area (TPSA) is 69.1 Å². The molecule has 4 rings (SSSR count). The van der Waals surface area contributed by atoms with Crippen LogP contribution >= 0.6 is 0 Å². The van der Waals surface area contributed by atoms with E-state index in [0.29, 0.717) is 17.5 Å². The number of nitrogens with zero attached hydrogens (tertiary/aromatic N) is 5. The van der Waals surface area contributed by atoms with E-state index >= 15 is 0 Å². The van der Waals surface area contributed by atoms with Crippen molar-refractivity contribution in [1.29, 1.82) is 0 Å². The standard InChI is InChI=1S/C12H11N5O/c1-2-8(3-1)11-15-12(18-16-11)9-5-7-17-10(14-9)4-6-13-17/h4-8H,1-3H2. The van der Waals surface area contributed by atoms with Gasteiger partial charge >= 0.3 is 0 Å². The second-order valence-corrected chi connectivity index (χ2v) is 4.53. The highest BCUT2D eigenvalue weighted by Gasteiger charge is 2.25. The van der Waals surface area contributed by atoms with Crippen LogP contribution in [0.5, 0.6) is 0 Å². The summed E-state index contributed by atoms with van der Waals surface area (Å²) in [6.07, 6.45) is 7.13. The molecule has 0 aliphatic heterocycles. The molecule has 0 atom stereocenters. The summed E-state index contributed by atoms with van der Waals surface area (Å²) in [6.45, 7) is 0. The zero-order valence-electron chi connectivity index (χ0n) is 9.65. The van der Waals surface area contributed by atoms with Gasteiger partial charge in [-0.15, -0.1) is 0 Å². The molecular formula is C12H11N5O. The van der Waals surface area contributed by atoms with Crippen molar-refractivity contribution in [2.24, 2.45) is 0 Å². The van der Waals surface area contributed by atoms with Gasteiger partial charge in [0.25, 0.3) is 5.89 Å². The number of aromatic nitrogens is 5. The summed E-state index contributed by atoms with van der Waals surface area (Å²) >= 11 is 0. The maximum Gasteiger partial charge on any atom is 0.276 e. The fourth-order valence-electron chi connectivity index (χ4n) is 2.10. The molecule has 1 aliphatic rings. The predicted molar refractivity (Wildman–Crippen MR) is 62.9 cm³/mol. The molecule has 6 nitrogen and oxygen atoms in total. The van der Waals surface area contributed by atoms with Crippen molar-refractivity contribution >= 4 is 5.65 Å². The maximum atomic E-state index is 5.28. The van der Waals surface area contributed by atoms with Gasteiger partial charge in [-0.05, 0) is 18.9 Å². The molecule has 0 unspecified atom stereocenters. The monoisotopic (exact) mass is 241 g/mol. The van der Waals surface area contributed by atoms with Crippen molar-refractivity contribution in [1.82, 2.24) is 24.7 Å². The first-order chi connectivity index (χ1) is 8.90. The maximum absolute atomic E-state index is 5.28. The van der Waals surface area contributed by atoms with E-state index in [4.69, 9.17) is 4.52 Å². The molecule has 0 N–H and O–H groups in total. The van der Waals surface area contributed by atoms with Gasteiger partial charge in [0.1, 0.15) is 5.69 Å². The average Bonchev–Trinajstić information content (AvgIpc) is 2.93. The summed E-state index contributed by atoms with van der Waals surface area (Å²) in [6, 6.07) is 3.67. The Morgan fingerprint density at radius 2 is 2.17 bits per heavy atom. The van der Waals surface area contributed by atoms with Crippen molar-refractivity contribution in [2.75, 3.05) is 0 Å². The lowest BCUT2D eigenvalue weighted by Gasteiger charge is -2.20. The lowest BCUT2D eigenvalue weighted by molar-refractivity contribution is 0.366. The molecule has 0 bridgehead atoms. The zero-order valence-corrected chi connectivity index (χ0v) is 9.65. The summed E-state index contributed by atoms with van der Waals surface area (Å²) in [5.41, 5.74) is 1.47. The summed E-state index contributed by atoms with van der Waals surface area (Å²) in [5, 5.41) is 8.13. The van der Waals surface area contributed by atoms with Crippen LogP contribution in [0.15, 0.2) is 29.0 Å². The molecule has 0 aromatic carbocycles. The molecule has 6 heteroatoms. The highest BCUT2D eigenvalue weighted by Crippen LogP contribution is 2.35. The molecule has 1 aliphatic carbocycles. The number of hydrogen-bond acceptors (Lipinski definition) is 5. The van der Waals surface area contributed by atoms with Crippen LogP contribution in [0.4, 0.5) is 0 Å². The second-order valence-electron chi connectivity index (χ2n) is 4.53. The van der Waals surface area contributed by atoms with E-state index in [1.807, 2.05) is 18.3 Å². The van der Waals surface area contributed by atoms with Crippen LogP contribution in [0, 0.1) is 0 Å². The Labute approximate surface area is 103 Å². The largest absolute Gasteiger partial charge is 0.332 e. The minimum Gasteiger partial charge on any atom is -0.332 e. The predicted octanol–water partition coefficient (Wildman–Crippen LogP) is 2.05. The summed E-state index contributed by atoms with van der Waals surface area (Å²) in [7, 11) is 0. The highest BCUT2D eigenvalue weighted by atomic mass is 16.5. The summed E-state index contributed by atoms with van der Waals surface area (Å²) in [4.78, 5) is 8.85. The molecule has 0 radical (unpaired) electrons. The van der Waals surface area contributed by atoms with Crippen LogP contribution in [0.2, 0.25) is 0 Å². The smallest absolute Gasteiger partial charge is 0.276 e. The Hall–Kier alpha value is -2.24. The molecule has 3 heterocycles. The molecule has 1 saturated carbocycles. The first-order valence-electron chi connectivity index (χ1n) is 6.04. The van der Waals surface area contributed by atoms with Gasteiger partial charge in [0.05, 0.1) is 6.20 Å². The Kier molecular flexibility index (Phi) is 1.97. The molecule has 0 spiro atoms. The second kappa shape index (κ2) is 3.63. The molecule has 3 aromatic rings. The van der Waals surface area contributed by atoms with Crippen molar-refractivity contribution in [3.8, 4) is 11.6 Å². The minimum atomic E-state index is 0.473. The van der Waals surface area contributed by atoms with Crippen LogP contribution in [0.25, 0.3) is 17.2 Å². The van der Waals surface area contributed by atoms with Gasteiger partial charge in [-0.1, -0.05) is 11.6 Å². The van der Waals surface area contributed by atoms with Gasteiger partial charge in [0, 0.05) is 18.2 Å². The minimum absolute atomic E-state index is 0.473. The third-order valence-electron chi connectivity index (χ3n) is 3.39. The molecule has 3 aromatic heterocycles. The Morgan fingerprint density at radius 1 is 1.22 bits per heavy atom. The van der Waals surface area contributed by atoms with Gasteiger partial charge < -0.3 is 4.52 Å². The molecule has 90 valence electrons. The van der Waals surface area contributed by atoms with E-state index in [1.54, 1.807) is 10.7 Å². The van der Waals surface area contributed by atoms with Gasteiger partial charge in [-0.2, -0.15) is 10.1 Å². The average molecular weight is 241 g/mol. The molecule has 0 saturated heterocycles. The third kappa shape index (κ3) is 1.42. The van der Waals surface area contributed by atoms with Crippen LogP contribution in [-0.4, -0.2) is 24.7 Å². The zero-order chi connectivity index (χ0) is 11.9. The number of rotatable bonds is 2. The fraction of sp³-hybridized carbons (Fsp3) is 0.333. The summed E-state index contributed by atoms with van der Waals surface area (Å²) < 4.78 is 6.98. The van der Waals surface area contributed by atoms with E-state index in [9.17, 15) is 0 Å². The van der Waals surface area contributed by atoms with E-state index in [1.165, 1.54) is 6.42 Å². The normalized spacial score (nSPS) is 16.0. The highest BCUT2D eigenvalue weighted by molar-refractivity contribution is 5.51. The van der Waals surface area contributed by atoms with E-state index in [-0.39, 0.29) is 0 Å². The quantitative estimate of drug-likeness (QED) is 0.686. The molecule has 0 amide bonds. The lowest BCUT2D eigenvalue weighted by Crippen LogP contribution is -2.10. The third-order valence-corrected chi connectivity index (χ3v) is 3.39. The van der Waals surface area contributed by atoms with Crippen LogP contribution in [0.1, 0.15) is 31.0 Å². The first kappa shape index (κ1) is 9.76. The molecule has 18 heavy (non-hydrogen) atoms. The molecule has 1 fully saturated rings. The van der Waals surface area contributed by atoms with Crippen molar-refractivity contribution < 1.29 is 4.52 Å². The molecular weight excluding hydrogens is 230 g/mol. The van der Waals surface area contributed by atoms with Crippen molar-refractivity contribution in [3.63, 3.8) is 0 Å². The van der Waals surface area contributed by atoms with E-state index < -0.39 is 0 Å². The van der Waals surface area contributed by atoms with Gasteiger partial charge in [-0.3, -0.25) is 0 Å². The first-order valence-corrected chi connectivity index (χ1v) is 6.04. The van der Waals surface area contributed by atoms with E-state index in [2.05, 4.69) is 20.2 Å². The van der Waals surface area contributed by atoms with Crippen molar-refractivity contribution in [3.05, 3.63) is 30.4 Å². The number of fused-ring (bicyclic) bond motifs is 1. The Bertz CT molecular complexity index is 697. The van der Waals surface area contributed by atoms with Gasteiger partial charge in [0.2, 0.25) is 0 Å². The lowest BCUT2D eigenvalue weighted by atomic mass is 9.85. The number of hydrogen-bond donors (Lipinski definition) is 0. The Morgan fingerprint density at radius 3 is 3.00 bits per heavy atom. The van der Waals surface area contributed by atoms with Crippen molar-refractivity contribution in [2.45, 2.75) is 25.2 Å². The van der Waals surface area contributed by atoms with Crippen LogP contribution in [0.3, 0.4) is 0 Å². The van der Waals surface area contributed by atoms with Gasteiger partial charge in [0.15, 0.2) is 11.5 Å². The summed E-state index contributed by atoms with van der Waals surface area (Å²) in [5.74, 6) is 1.77.